The zero-order valence-electron chi connectivity index (χ0n) is 12.5. The Morgan fingerprint density at radius 3 is 2.83 bits per heavy atom. The van der Waals surface area contributed by atoms with Crippen LogP contribution < -0.4 is 5.32 Å². The molecule has 0 fully saturated rings. The lowest BCUT2D eigenvalue weighted by atomic mass is 10.1. The standard InChI is InChI=1S/C17H13BrClN3O2/c18-12-5-3-4-11(8-12)9-15(23)20-10-16-21-17(22-24-16)13-6-1-2-7-14(13)19/h1-8H,9-10H2,(H,20,23). The maximum atomic E-state index is 12.0. The fourth-order valence-corrected chi connectivity index (χ4v) is 2.81. The van der Waals surface area contributed by atoms with E-state index in [0.29, 0.717) is 22.3 Å². The molecular formula is C17H13BrClN3O2. The number of aromatic nitrogens is 2. The Kier molecular flexibility index (Phi) is 5.27. The lowest BCUT2D eigenvalue weighted by molar-refractivity contribution is -0.120. The molecule has 122 valence electrons. The van der Waals surface area contributed by atoms with Gasteiger partial charge in [0.25, 0.3) is 0 Å². The number of halogens is 2. The second-order valence-electron chi connectivity index (χ2n) is 5.07. The average Bonchev–Trinajstić information content (AvgIpc) is 3.02. The van der Waals surface area contributed by atoms with Gasteiger partial charge in [0.05, 0.1) is 18.0 Å². The summed E-state index contributed by atoms with van der Waals surface area (Å²) < 4.78 is 6.09. The van der Waals surface area contributed by atoms with Crippen LogP contribution in [0.25, 0.3) is 11.4 Å². The van der Waals surface area contributed by atoms with Crippen molar-refractivity contribution >= 4 is 33.4 Å². The SMILES string of the molecule is O=C(Cc1cccc(Br)c1)NCc1nc(-c2ccccc2Cl)no1. The average molecular weight is 407 g/mol. The molecular weight excluding hydrogens is 394 g/mol. The summed E-state index contributed by atoms with van der Waals surface area (Å²) in [4.78, 5) is 16.2. The molecule has 5 nitrogen and oxygen atoms in total. The summed E-state index contributed by atoms with van der Waals surface area (Å²) in [5.74, 6) is 0.606. The molecule has 0 aliphatic heterocycles. The molecule has 0 bridgehead atoms. The van der Waals surface area contributed by atoms with Gasteiger partial charge in [0.1, 0.15) is 0 Å². The minimum atomic E-state index is -0.120. The van der Waals surface area contributed by atoms with E-state index in [0.717, 1.165) is 10.0 Å². The Hall–Kier alpha value is -2.18. The fourth-order valence-electron chi connectivity index (χ4n) is 2.15. The highest BCUT2D eigenvalue weighted by Gasteiger charge is 2.12. The van der Waals surface area contributed by atoms with Gasteiger partial charge in [0, 0.05) is 10.0 Å². The Bertz CT molecular complexity index is 866. The number of carbonyl (C=O) groups is 1. The summed E-state index contributed by atoms with van der Waals surface area (Å²) in [6, 6.07) is 14.8. The second-order valence-corrected chi connectivity index (χ2v) is 6.40. The number of amides is 1. The van der Waals surface area contributed by atoms with Gasteiger partial charge in [0.2, 0.25) is 17.6 Å². The van der Waals surface area contributed by atoms with E-state index in [9.17, 15) is 4.79 Å². The first-order valence-corrected chi connectivity index (χ1v) is 8.37. The molecule has 1 aromatic heterocycles. The smallest absolute Gasteiger partial charge is 0.246 e. The highest BCUT2D eigenvalue weighted by molar-refractivity contribution is 9.10. The van der Waals surface area contributed by atoms with Gasteiger partial charge in [0.15, 0.2) is 0 Å². The largest absolute Gasteiger partial charge is 0.347 e. The minimum Gasteiger partial charge on any atom is -0.347 e. The highest BCUT2D eigenvalue weighted by atomic mass is 79.9. The molecule has 1 N–H and O–H groups in total. The second kappa shape index (κ2) is 7.59. The molecule has 0 aliphatic rings. The summed E-state index contributed by atoms with van der Waals surface area (Å²) in [5, 5.41) is 7.20. The maximum Gasteiger partial charge on any atom is 0.246 e. The fraction of sp³-hybridized carbons (Fsp3) is 0.118. The van der Waals surface area contributed by atoms with E-state index in [1.165, 1.54) is 0 Å². The van der Waals surface area contributed by atoms with Crippen LogP contribution in [0.15, 0.2) is 57.5 Å². The zero-order chi connectivity index (χ0) is 16.9. The minimum absolute atomic E-state index is 0.120. The first-order valence-electron chi connectivity index (χ1n) is 7.20. The third-order valence-electron chi connectivity index (χ3n) is 3.27. The predicted octanol–water partition coefficient (Wildman–Crippen LogP) is 4.01. The van der Waals surface area contributed by atoms with E-state index in [1.54, 1.807) is 6.07 Å². The van der Waals surface area contributed by atoms with Crippen LogP contribution in [0.4, 0.5) is 0 Å². The third-order valence-corrected chi connectivity index (χ3v) is 4.10. The molecule has 2 aromatic carbocycles. The van der Waals surface area contributed by atoms with Gasteiger partial charge < -0.3 is 9.84 Å². The Morgan fingerprint density at radius 1 is 1.21 bits per heavy atom. The van der Waals surface area contributed by atoms with Crippen LogP contribution in [0.2, 0.25) is 5.02 Å². The van der Waals surface area contributed by atoms with Gasteiger partial charge in [-0.25, -0.2) is 0 Å². The van der Waals surface area contributed by atoms with E-state index in [4.69, 9.17) is 16.1 Å². The van der Waals surface area contributed by atoms with Crippen molar-refractivity contribution in [3.8, 4) is 11.4 Å². The Labute approximate surface area is 152 Å². The molecule has 0 radical (unpaired) electrons. The Balaban J connectivity index is 1.59. The van der Waals surface area contributed by atoms with Crippen molar-refractivity contribution in [3.05, 3.63) is 69.5 Å². The van der Waals surface area contributed by atoms with E-state index in [1.807, 2.05) is 42.5 Å². The molecule has 0 spiro atoms. The van der Waals surface area contributed by atoms with Crippen molar-refractivity contribution in [2.24, 2.45) is 0 Å². The number of nitrogens with zero attached hydrogens (tertiary/aromatic N) is 2. The Morgan fingerprint density at radius 2 is 2.04 bits per heavy atom. The lowest BCUT2D eigenvalue weighted by Crippen LogP contribution is -2.24. The van der Waals surface area contributed by atoms with Gasteiger partial charge in [-0.15, -0.1) is 0 Å². The number of hydrogen-bond donors (Lipinski definition) is 1. The van der Waals surface area contributed by atoms with E-state index >= 15 is 0 Å². The monoisotopic (exact) mass is 405 g/mol. The van der Waals surface area contributed by atoms with Gasteiger partial charge in [-0.05, 0) is 29.8 Å². The quantitative estimate of drug-likeness (QED) is 0.695. The van der Waals surface area contributed by atoms with Gasteiger partial charge in [-0.3, -0.25) is 4.79 Å². The first kappa shape index (κ1) is 16.7. The van der Waals surface area contributed by atoms with Crippen molar-refractivity contribution in [2.45, 2.75) is 13.0 Å². The van der Waals surface area contributed by atoms with E-state index in [2.05, 4.69) is 31.4 Å². The summed E-state index contributed by atoms with van der Waals surface area (Å²) >= 11 is 9.49. The molecule has 1 amide bonds. The van der Waals surface area contributed by atoms with Crippen molar-refractivity contribution in [3.63, 3.8) is 0 Å². The number of nitrogens with one attached hydrogen (secondary N) is 1. The number of benzene rings is 2. The molecule has 0 saturated heterocycles. The third kappa shape index (κ3) is 4.21. The molecule has 3 aromatic rings. The first-order chi connectivity index (χ1) is 11.6. The predicted molar refractivity (Wildman–Crippen MR) is 94.4 cm³/mol. The number of rotatable bonds is 5. The molecule has 24 heavy (non-hydrogen) atoms. The van der Waals surface area contributed by atoms with Crippen LogP contribution in [0.3, 0.4) is 0 Å². The molecule has 0 saturated carbocycles. The number of hydrogen-bond acceptors (Lipinski definition) is 4. The molecule has 0 unspecified atom stereocenters. The van der Waals surface area contributed by atoms with Crippen molar-refractivity contribution < 1.29 is 9.32 Å². The van der Waals surface area contributed by atoms with Crippen LogP contribution >= 0.6 is 27.5 Å². The zero-order valence-corrected chi connectivity index (χ0v) is 14.8. The van der Waals surface area contributed by atoms with Crippen LogP contribution in [0.1, 0.15) is 11.5 Å². The van der Waals surface area contributed by atoms with Gasteiger partial charge in [-0.2, -0.15) is 4.98 Å². The summed E-state index contributed by atoms with van der Waals surface area (Å²) in [6.45, 7) is 0.171. The maximum absolute atomic E-state index is 12.0. The van der Waals surface area contributed by atoms with E-state index in [-0.39, 0.29) is 18.9 Å². The summed E-state index contributed by atoms with van der Waals surface area (Å²) in [6.07, 6.45) is 0.283. The lowest BCUT2D eigenvalue weighted by Gasteiger charge is -2.03. The normalized spacial score (nSPS) is 10.6. The van der Waals surface area contributed by atoms with Crippen molar-refractivity contribution in [2.75, 3.05) is 0 Å². The van der Waals surface area contributed by atoms with Gasteiger partial charge in [-0.1, -0.05) is 57.0 Å². The molecule has 1 heterocycles. The molecule has 3 rings (SSSR count). The van der Waals surface area contributed by atoms with Crippen molar-refractivity contribution in [1.29, 1.82) is 0 Å². The van der Waals surface area contributed by atoms with Crippen LogP contribution in [-0.2, 0) is 17.8 Å². The molecule has 0 atom stereocenters. The summed E-state index contributed by atoms with van der Waals surface area (Å²) in [7, 11) is 0. The van der Waals surface area contributed by atoms with E-state index < -0.39 is 0 Å². The van der Waals surface area contributed by atoms with Crippen LogP contribution in [0, 0.1) is 0 Å². The molecule has 7 heteroatoms. The number of carbonyl (C=O) groups excluding carboxylic acids is 1. The van der Waals surface area contributed by atoms with Crippen LogP contribution in [-0.4, -0.2) is 16.0 Å². The summed E-state index contributed by atoms with van der Waals surface area (Å²) in [5.41, 5.74) is 1.61. The van der Waals surface area contributed by atoms with Crippen molar-refractivity contribution in [1.82, 2.24) is 15.5 Å². The highest BCUT2D eigenvalue weighted by Crippen LogP contribution is 2.24. The van der Waals surface area contributed by atoms with Crippen LogP contribution in [0.5, 0.6) is 0 Å². The van der Waals surface area contributed by atoms with Gasteiger partial charge >= 0.3 is 0 Å². The topological polar surface area (TPSA) is 68.0 Å². The molecule has 0 aliphatic carbocycles.